The fourth-order valence-electron chi connectivity index (χ4n) is 2.53. The molecule has 1 N–H and O–H groups in total. The number of fused-ring (bicyclic) bond motifs is 2. The van der Waals surface area contributed by atoms with Crippen LogP contribution in [0.2, 0.25) is 0 Å². The van der Waals surface area contributed by atoms with Gasteiger partial charge in [-0.2, -0.15) is 0 Å². The van der Waals surface area contributed by atoms with Gasteiger partial charge < -0.3 is 4.98 Å². The number of para-hydroxylation sites is 2. The van der Waals surface area contributed by atoms with Gasteiger partial charge in [0.05, 0.1) is 17.8 Å². The Morgan fingerprint density at radius 3 is 2.78 bits per heavy atom. The SMILES string of the molecule is [C]1=Nc2ccccc2C1c1cc2ccccc2[nH]1. The van der Waals surface area contributed by atoms with Crippen molar-refractivity contribution < 1.29 is 0 Å². The van der Waals surface area contributed by atoms with Crippen LogP contribution in [0.4, 0.5) is 5.69 Å². The molecule has 1 unspecified atom stereocenters. The van der Waals surface area contributed by atoms with Crippen molar-refractivity contribution >= 4 is 22.8 Å². The van der Waals surface area contributed by atoms with Crippen LogP contribution in [0.15, 0.2) is 59.6 Å². The second-order valence-electron chi connectivity index (χ2n) is 4.54. The quantitative estimate of drug-likeness (QED) is 0.658. The molecule has 1 aliphatic rings. The standard InChI is InChI=1S/C16H11N2/c1-3-7-14-11(5-1)9-16(18-14)13-10-17-15-8-4-2-6-12(13)15/h1-9,13,18H. The van der Waals surface area contributed by atoms with Gasteiger partial charge in [0, 0.05) is 11.2 Å². The highest BCUT2D eigenvalue weighted by atomic mass is 14.8. The first-order chi connectivity index (χ1) is 8.92. The van der Waals surface area contributed by atoms with Gasteiger partial charge in [-0.15, -0.1) is 0 Å². The van der Waals surface area contributed by atoms with Crippen LogP contribution in [0.1, 0.15) is 17.2 Å². The first-order valence-electron chi connectivity index (χ1n) is 6.05. The van der Waals surface area contributed by atoms with Crippen molar-refractivity contribution in [2.24, 2.45) is 4.99 Å². The summed E-state index contributed by atoms with van der Waals surface area (Å²) in [5, 5.41) is 1.23. The molecule has 0 fully saturated rings. The zero-order chi connectivity index (χ0) is 11.9. The molecule has 2 heteroatoms. The Labute approximate surface area is 105 Å². The van der Waals surface area contributed by atoms with Gasteiger partial charge in [-0.25, -0.2) is 0 Å². The number of H-pyrrole nitrogens is 1. The molecule has 0 saturated heterocycles. The van der Waals surface area contributed by atoms with Crippen LogP contribution in [0, 0.1) is 0 Å². The van der Waals surface area contributed by atoms with Crippen molar-refractivity contribution in [3.8, 4) is 0 Å². The first kappa shape index (κ1) is 9.66. The van der Waals surface area contributed by atoms with E-state index < -0.39 is 0 Å². The Kier molecular flexibility index (Phi) is 1.92. The molecule has 2 nitrogen and oxygen atoms in total. The number of aromatic amines is 1. The molecular weight excluding hydrogens is 220 g/mol. The van der Waals surface area contributed by atoms with E-state index >= 15 is 0 Å². The van der Waals surface area contributed by atoms with E-state index in [1.54, 1.807) is 0 Å². The van der Waals surface area contributed by atoms with E-state index in [9.17, 15) is 0 Å². The lowest BCUT2D eigenvalue weighted by atomic mass is 9.98. The fourth-order valence-corrected chi connectivity index (χ4v) is 2.53. The summed E-state index contributed by atoms with van der Waals surface area (Å²) in [7, 11) is 0. The number of rotatable bonds is 1. The number of nitrogens with zero attached hydrogens (tertiary/aromatic N) is 1. The number of benzene rings is 2. The number of nitrogens with one attached hydrogen (secondary N) is 1. The Morgan fingerprint density at radius 1 is 1.00 bits per heavy atom. The summed E-state index contributed by atoms with van der Waals surface area (Å²) >= 11 is 0. The Bertz CT molecular complexity index is 719. The third kappa shape index (κ3) is 1.32. The topological polar surface area (TPSA) is 28.1 Å². The maximum absolute atomic E-state index is 4.36. The lowest BCUT2D eigenvalue weighted by Crippen LogP contribution is -1.98. The first-order valence-corrected chi connectivity index (χ1v) is 6.05. The van der Waals surface area contributed by atoms with Crippen LogP contribution in [-0.4, -0.2) is 11.2 Å². The van der Waals surface area contributed by atoms with E-state index in [0.717, 1.165) is 11.4 Å². The minimum atomic E-state index is 0.133. The lowest BCUT2D eigenvalue weighted by Gasteiger charge is -2.05. The number of aliphatic imine (C=N–C) groups is 1. The summed E-state index contributed by atoms with van der Waals surface area (Å²) in [6.45, 7) is 0. The van der Waals surface area contributed by atoms with Crippen molar-refractivity contribution in [3.05, 3.63) is 65.9 Å². The molecule has 1 aliphatic heterocycles. The number of hydrogen-bond acceptors (Lipinski definition) is 1. The van der Waals surface area contributed by atoms with Crippen molar-refractivity contribution in [1.29, 1.82) is 0 Å². The number of aromatic nitrogens is 1. The van der Waals surface area contributed by atoms with E-state index in [2.05, 4.69) is 52.6 Å². The van der Waals surface area contributed by atoms with Gasteiger partial charge >= 0.3 is 0 Å². The zero-order valence-electron chi connectivity index (χ0n) is 9.72. The van der Waals surface area contributed by atoms with Crippen molar-refractivity contribution in [2.45, 2.75) is 5.92 Å². The lowest BCUT2D eigenvalue weighted by molar-refractivity contribution is 1.07. The molecule has 2 heterocycles. The average molecular weight is 231 g/mol. The molecule has 0 bridgehead atoms. The zero-order valence-corrected chi connectivity index (χ0v) is 9.72. The Balaban J connectivity index is 1.87. The van der Waals surface area contributed by atoms with Crippen molar-refractivity contribution in [3.63, 3.8) is 0 Å². The van der Waals surface area contributed by atoms with Crippen LogP contribution in [0.25, 0.3) is 10.9 Å². The Hall–Kier alpha value is -2.35. The van der Waals surface area contributed by atoms with E-state index in [1.165, 1.54) is 16.5 Å². The van der Waals surface area contributed by atoms with Gasteiger partial charge in [0.2, 0.25) is 0 Å². The smallest absolute Gasteiger partial charge is 0.0770 e. The summed E-state index contributed by atoms with van der Waals surface area (Å²) in [6, 6.07) is 18.7. The van der Waals surface area contributed by atoms with Crippen molar-refractivity contribution in [2.75, 3.05) is 0 Å². The highest BCUT2D eigenvalue weighted by Gasteiger charge is 2.22. The highest BCUT2D eigenvalue weighted by Crippen LogP contribution is 2.36. The van der Waals surface area contributed by atoms with Gasteiger partial charge in [0.15, 0.2) is 0 Å². The van der Waals surface area contributed by atoms with Gasteiger partial charge in [0.1, 0.15) is 0 Å². The summed E-state index contributed by atoms with van der Waals surface area (Å²) in [6.07, 6.45) is 3.19. The van der Waals surface area contributed by atoms with E-state index in [4.69, 9.17) is 0 Å². The second kappa shape index (κ2) is 3.57. The minimum Gasteiger partial charge on any atom is -0.358 e. The predicted molar refractivity (Wildman–Crippen MR) is 73.7 cm³/mol. The van der Waals surface area contributed by atoms with Crippen LogP contribution in [0.5, 0.6) is 0 Å². The van der Waals surface area contributed by atoms with Crippen LogP contribution in [0.3, 0.4) is 0 Å². The van der Waals surface area contributed by atoms with Crippen LogP contribution < -0.4 is 0 Å². The maximum atomic E-state index is 4.36. The molecule has 0 saturated carbocycles. The molecule has 0 spiro atoms. The van der Waals surface area contributed by atoms with E-state index in [1.807, 2.05) is 18.2 Å². The van der Waals surface area contributed by atoms with E-state index in [0.29, 0.717) is 0 Å². The van der Waals surface area contributed by atoms with Crippen molar-refractivity contribution in [1.82, 2.24) is 4.98 Å². The second-order valence-corrected chi connectivity index (χ2v) is 4.54. The van der Waals surface area contributed by atoms with E-state index in [-0.39, 0.29) is 5.92 Å². The summed E-state index contributed by atoms with van der Waals surface area (Å²) in [5.74, 6) is 0.133. The fraction of sp³-hybridized carbons (Fsp3) is 0.0625. The molecule has 0 amide bonds. The summed E-state index contributed by atoms with van der Waals surface area (Å²) in [4.78, 5) is 7.81. The molecule has 0 aliphatic carbocycles. The van der Waals surface area contributed by atoms with Gasteiger partial charge in [-0.1, -0.05) is 36.4 Å². The average Bonchev–Trinajstić information content (AvgIpc) is 3.02. The van der Waals surface area contributed by atoms with Gasteiger partial charge in [-0.05, 0) is 29.1 Å². The monoisotopic (exact) mass is 231 g/mol. The predicted octanol–water partition coefficient (Wildman–Crippen LogP) is 3.89. The van der Waals surface area contributed by atoms with Crippen LogP contribution in [-0.2, 0) is 0 Å². The minimum absolute atomic E-state index is 0.133. The molecule has 1 radical (unpaired) electrons. The molecule has 85 valence electrons. The molecule has 2 aromatic carbocycles. The van der Waals surface area contributed by atoms with Gasteiger partial charge in [-0.3, -0.25) is 4.99 Å². The summed E-state index contributed by atoms with van der Waals surface area (Å²) in [5.41, 5.74) is 4.58. The molecule has 3 aromatic rings. The third-order valence-electron chi connectivity index (χ3n) is 3.42. The highest BCUT2D eigenvalue weighted by molar-refractivity contribution is 5.87. The molecule has 1 aromatic heterocycles. The summed E-state index contributed by atoms with van der Waals surface area (Å²) < 4.78 is 0. The number of hydrogen-bond donors (Lipinski definition) is 1. The molecular formula is C16H11N2. The Morgan fingerprint density at radius 2 is 1.83 bits per heavy atom. The largest absolute Gasteiger partial charge is 0.358 e. The maximum Gasteiger partial charge on any atom is 0.0770 e. The molecule has 18 heavy (non-hydrogen) atoms. The van der Waals surface area contributed by atoms with Crippen LogP contribution >= 0.6 is 0 Å². The normalized spacial score (nSPS) is 17.2. The molecule has 4 rings (SSSR count). The van der Waals surface area contributed by atoms with Gasteiger partial charge in [0.25, 0.3) is 0 Å². The third-order valence-corrected chi connectivity index (χ3v) is 3.42. The molecule has 1 atom stereocenters.